The first-order chi connectivity index (χ1) is 9.65. The molecule has 1 unspecified atom stereocenters. The van der Waals surface area contributed by atoms with E-state index in [-0.39, 0.29) is 17.8 Å². The summed E-state index contributed by atoms with van der Waals surface area (Å²) >= 11 is 0. The zero-order chi connectivity index (χ0) is 14.4. The fourth-order valence-electron chi connectivity index (χ4n) is 1.99. The number of hydrogen-bond donors (Lipinski definition) is 3. The summed E-state index contributed by atoms with van der Waals surface area (Å²) in [7, 11) is 0. The standard InChI is InChI=1S/C14H19N5O/c1-10(11-5-3-2-4-6-11)9-13(20)16-8-7-12-17-14(15)19-18-12/h2-6,10H,7-9H2,1H3,(H,16,20)(H3,15,17,18,19). The van der Waals surface area contributed by atoms with E-state index in [9.17, 15) is 4.79 Å². The summed E-state index contributed by atoms with van der Waals surface area (Å²) in [5.41, 5.74) is 6.57. The van der Waals surface area contributed by atoms with Crippen LogP contribution in [0.2, 0.25) is 0 Å². The second-order valence-electron chi connectivity index (χ2n) is 4.76. The van der Waals surface area contributed by atoms with E-state index in [0.29, 0.717) is 25.2 Å². The molecule has 6 nitrogen and oxygen atoms in total. The fourth-order valence-corrected chi connectivity index (χ4v) is 1.99. The topological polar surface area (TPSA) is 96.7 Å². The minimum Gasteiger partial charge on any atom is -0.367 e. The van der Waals surface area contributed by atoms with Crippen molar-refractivity contribution in [2.45, 2.75) is 25.7 Å². The lowest BCUT2D eigenvalue weighted by Gasteiger charge is -2.11. The van der Waals surface area contributed by atoms with Gasteiger partial charge in [0.15, 0.2) is 0 Å². The van der Waals surface area contributed by atoms with Crippen molar-refractivity contribution < 1.29 is 4.79 Å². The molecular weight excluding hydrogens is 254 g/mol. The molecule has 0 aliphatic heterocycles. The van der Waals surface area contributed by atoms with Crippen molar-refractivity contribution in [3.8, 4) is 0 Å². The molecule has 4 N–H and O–H groups in total. The molecular formula is C14H19N5O. The highest BCUT2D eigenvalue weighted by Gasteiger charge is 2.10. The van der Waals surface area contributed by atoms with Crippen molar-refractivity contribution in [1.82, 2.24) is 20.5 Å². The zero-order valence-electron chi connectivity index (χ0n) is 11.5. The number of nitrogens with zero attached hydrogens (tertiary/aromatic N) is 2. The largest absolute Gasteiger partial charge is 0.367 e. The van der Waals surface area contributed by atoms with Crippen LogP contribution in [0, 0.1) is 0 Å². The number of amides is 1. The second kappa shape index (κ2) is 6.70. The smallest absolute Gasteiger partial charge is 0.239 e. The lowest BCUT2D eigenvalue weighted by Crippen LogP contribution is -2.27. The molecule has 1 amide bonds. The number of nitrogens with two attached hydrogens (primary N) is 1. The van der Waals surface area contributed by atoms with Crippen LogP contribution >= 0.6 is 0 Å². The van der Waals surface area contributed by atoms with Crippen molar-refractivity contribution in [2.24, 2.45) is 0 Å². The summed E-state index contributed by atoms with van der Waals surface area (Å²) in [5.74, 6) is 1.15. The number of H-pyrrole nitrogens is 1. The van der Waals surface area contributed by atoms with E-state index in [4.69, 9.17) is 5.73 Å². The lowest BCUT2D eigenvalue weighted by molar-refractivity contribution is -0.121. The molecule has 0 saturated heterocycles. The molecule has 2 rings (SSSR count). The minimum absolute atomic E-state index is 0.0360. The Bertz CT molecular complexity index is 552. The van der Waals surface area contributed by atoms with Gasteiger partial charge in [0, 0.05) is 19.4 Å². The van der Waals surface area contributed by atoms with Crippen molar-refractivity contribution in [3.63, 3.8) is 0 Å². The summed E-state index contributed by atoms with van der Waals surface area (Å²) in [5, 5.41) is 9.31. The molecule has 0 saturated carbocycles. The van der Waals surface area contributed by atoms with E-state index in [2.05, 4.69) is 20.5 Å². The molecule has 0 aliphatic rings. The quantitative estimate of drug-likeness (QED) is 0.737. The monoisotopic (exact) mass is 273 g/mol. The van der Waals surface area contributed by atoms with E-state index in [0.717, 1.165) is 0 Å². The Labute approximate surface area is 117 Å². The molecule has 1 atom stereocenters. The number of anilines is 1. The maximum atomic E-state index is 11.8. The average molecular weight is 273 g/mol. The van der Waals surface area contributed by atoms with Crippen molar-refractivity contribution in [1.29, 1.82) is 0 Å². The first-order valence-electron chi connectivity index (χ1n) is 6.63. The van der Waals surface area contributed by atoms with Crippen LogP contribution in [-0.2, 0) is 11.2 Å². The van der Waals surface area contributed by atoms with Crippen LogP contribution in [0.3, 0.4) is 0 Å². The van der Waals surface area contributed by atoms with Gasteiger partial charge in [0.2, 0.25) is 11.9 Å². The van der Waals surface area contributed by atoms with Gasteiger partial charge < -0.3 is 11.1 Å². The molecule has 6 heteroatoms. The van der Waals surface area contributed by atoms with E-state index < -0.39 is 0 Å². The molecule has 0 fully saturated rings. The lowest BCUT2D eigenvalue weighted by atomic mass is 9.97. The number of nitrogens with one attached hydrogen (secondary N) is 2. The van der Waals surface area contributed by atoms with Crippen LogP contribution in [0.4, 0.5) is 5.95 Å². The fraction of sp³-hybridized carbons (Fsp3) is 0.357. The number of benzene rings is 1. The van der Waals surface area contributed by atoms with E-state index in [1.54, 1.807) is 0 Å². The Morgan fingerprint density at radius 3 is 2.80 bits per heavy atom. The predicted molar refractivity (Wildman–Crippen MR) is 77.0 cm³/mol. The molecule has 20 heavy (non-hydrogen) atoms. The molecule has 0 radical (unpaired) electrons. The van der Waals surface area contributed by atoms with Crippen molar-refractivity contribution in [2.75, 3.05) is 12.3 Å². The molecule has 2 aromatic rings. The number of carbonyl (C=O) groups excluding carboxylic acids is 1. The number of carbonyl (C=O) groups is 1. The van der Waals surface area contributed by atoms with E-state index >= 15 is 0 Å². The molecule has 1 aromatic heterocycles. The van der Waals surface area contributed by atoms with Gasteiger partial charge in [0.05, 0.1) is 0 Å². The van der Waals surface area contributed by atoms with Gasteiger partial charge in [0.25, 0.3) is 0 Å². The van der Waals surface area contributed by atoms with Crippen molar-refractivity contribution >= 4 is 11.9 Å². The SMILES string of the molecule is CC(CC(=O)NCCc1nc(N)n[nH]1)c1ccccc1. The first-order valence-corrected chi connectivity index (χ1v) is 6.63. The van der Waals surface area contributed by atoms with Gasteiger partial charge in [-0.3, -0.25) is 9.89 Å². The van der Waals surface area contributed by atoms with Crippen LogP contribution in [0.25, 0.3) is 0 Å². The normalized spacial score (nSPS) is 12.1. The molecule has 0 spiro atoms. The zero-order valence-corrected chi connectivity index (χ0v) is 11.5. The summed E-state index contributed by atoms with van der Waals surface area (Å²) in [6.45, 7) is 2.57. The molecule has 1 aromatic carbocycles. The highest BCUT2D eigenvalue weighted by Crippen LogP contribution is 2.17. The molecule has 0 aliphatic carbocycles. The van der Waals surface area contributed by atoms with Gasteiger partial charge in [-0.05, 0) is 11.5 Å². The Balaban J connectivity index is 1.73. The van der Waals surface area contributed by atoms with Crippen LogP contribution in [0.1, 0.15) is 30.7 Å². The Morgan fingerprint density at radius 2 is 2.15 bits per heavy atom. The van der Waals surface area contributed by atoms with Crippen LogP contribution in [-0.4, -0.2) is 27.6 Å². The van der Waals surface area contributed by atoms with E-state index in [1.165, 1.54) is 5.56 Å². The number of rotatable bonds is 6. The summed E-state index contributed by atoms with van der Waals surface area (Å²) in [4.78, 5) is 15.8. The van der Waals surface area contributed by atoms with Crippen LogP contribution in [0.5, 0.6) is 0 Å². The number of nitrogen functional groups attached to an aromatic ring is 1. The van der Waals surface area contributed by atoms with Gasteiger partial charge in [-0.2, -0.15) is 4.98 Å². The Hall–Kier alpha value is -2.37. The predicted octanol–water partition coefficient (Wildman–Crippen LogP) is 1.24. The van der Waals surface area contributed by atoms with Crippen LogP contribution in [0.15, 0.2) is 30.3 Å². The number of aromatic nitrogens is 3. The third kappa shape index (κ3) is 4.08. The summed E-state index contributed by atoms with van der Waals surface area (Å²) in [6.07, 6.45) is 1.07. The number of hydrogen-bond acceptors (Lipinski definition) is 4. The second-order valence-corrected chi connectivity index (χ2v) is 4.76. The highest BCUT2D eigenvalue weighted by atomic mass is 16.1. The van der Waals surface area contributed by atoms with Gasteiger partial charge >= 0.3 is 0 Å². The molecule has 0 bridgehead atoms. The Morgan fingerprint density at radius 1 is 1.40 bits per heavy atom. The van der Waals surface area contributed by atoms with Gasteiger partial charge in [-0.15, -0.1) is 5.10 Å². The van der Waals surface area contributed by atoms with Crippen molar-refractivity contribution in [3.05, 3.63) is 41.7 Å². The highest BCUT2D eigenvalue weighted by molar-refractivity contribution is 5.76. The van der Waals surface area contributed by atoms with Gasteiger partial charge in [0.1, 0.15) is 5.82 Å². The maximum Gasteiger partial charge on any atom is 0.239 e. The average Bonchev–Trinajstić information content (AvgIpc) is 2.85. The summed E-state index contributed by atoms with van der Waals surface area (Å²) < 4.78 is 0. The van der Waals surface area contributed by atoms with Gasteiger partial charge in [-0.25, -0.2) is 0 Å². The van der Waals surface area contributed by atoms with E-state index in [1.807, 2.05) is 37.3 Å². The third-order valence-corrected chi connectivity index (χ3v) is 3.09. The molecule has 106 valence electrons. The Kier molecular flexibility index (Phi) is 4.70. The third-order valence-electron chi connectivity index (χ3n) is 3.09. The summed E-state index contributed by atoms with van der Waals surface area (Å²) in [6, 6.07) is 10.0. The number of aromatic amines is 1. The minimum atomic E-state index is 0.0360. The van der Waals surface area contributed by atoms with Crippen LogP contribution < -0.4 is 11.1 Å². The maximum absolute atomic E-state index is 11.8. The van der Waals surface area contributed by atoms with Gasteiger partial charge in [-0.1, -0.05) is 37.3 Å². The molecule has 1 heterocycles. The first kappa shape index (κ1) is 14.0.